The normalized spacial score (nSPS) is 21.4. The highest BCUT2D eigenvalue weighted by atomic mass is 15.3. The van der Waals surface area contributed by atoms with E-state index in [1.54, 1.807) is 0 Å². The molecule has 0 unspecified atom stereocenters. The molecule has 1 aromatic carbocycles. The highest BCUT2D eigenvalue weighted by Gasteiger charge is 2.26. The highest BCUT2D eigenvalue weighted by molar-refractivity contribution is 5.92. The van der Waals surface area contributed by atoms with Gasteiger partial charge in [-0.1, -0.05) is 43.5 Å². The lowest BCUT2D eigenvalue weighted by molar-refractivity contribution is 0.148. The molecular weight excluding hydrogens is 270 g/mol. The van der Waals surface area contributed by atoms with E-state index in [4.69, 9.17) is 0 Å². The Bertz CT molecular complexity index is 620. The van der Waals surface area contributed by atoms with E-state index in [1.807, 2.05) is 6.20 Å². The van der Waals surface area contributed by atoms with Crippen LogP contribution in [-0.4, -0.2) is 42.1 Å². The molecule has 1 saturated heterocycles. The molecular formula is C19H25N3. The second kappa shape index (κ2) is 6.25. The summed E-state index contributed by atoms with van der Waals surface area (Å²) < 4.78 is 0. The first kappa shape index (κ1) is 14.0. The van der Waals surface area contributed by atoms with Crippen molar-refractivity contribution in [3.05, 3.63) is 36.5 Å². The number of piperazine rings is 1. The van der Waals surface area contributed by atoms with Crippen LogP contribution in [0.2, 0.25) is 0 Å². The van der Waals surface area contributed by atoms with Gasteiger partial charge in [-0.3, -0.25) is 4.90 Å². The molecule has 22 heavy (non-hydrogen) atoms. The minimum Gasteiger partial charge on any atom is -0.354 e. The molecule has 2 aromatic rings. The van der Waals surface area contributed by atoms with Crippen LogP contribution >= 0.6 is 0 Å². The first-order valence-corrected chi connectivity index (χ1v) is 8.74. The summed E-state index contributed by atoms with van der Waals surface area (Å²) in [5.41, 5.74) is 0. The first-order chi connectivity index (χ1) is 10.9. The maximum absolute atomic E-state index is 4.68. The number of rotatable bonds is 2. The van der Waals surface area contributed by atoms with Gasteiger partial charge in [0.15, 0.2) is 0 Å². The Morgan fingerprint density at radius 1 is 0.864 bits per heavy atom. The SMILES string of the molecule is c1ccc2c(N3CCN(C4CCCCC4)CC3)nccc2c1. The van der Waals surface area contributed by atoms with Crippen molar-refractivity contribution in [2.75, 3.05) is 31.1 Å². The Balaban J connectivity index is 1.48. The number of benzene rings is 1. The average Bonchev–Trinajstić information content (AvgIpc) is 2.62. The molecule has 1 aromatic heterocycles. The van der Waals surface area contributed by atoms with Gasteiger partial charge in [-0.05, 0) is 24.3 Å². The van der Waals surface area contributed by atoms with Gasteiger partial charge >= 0.3 is 0 Å². The van der Waals surface area contributed by atoms with E-state index >= 15 is 0 Å². The van der Waals surface area contributed by atoms with Crippen molar-refractivity contribution in [1.29, 1.82) is 0 Å². The standard InChI is InChI=1S/C19H25N3/c1-2-7-17(8-3-1)21-12-14-22(15-13-21)19-18-9-5-4-6-16(18)10-11-20-19/h4-6,9-11,17H,1-3,7-8,12-15H2. The molecule has 4 rings (SSSR count). The zero-order valence-electron chi connectivity index (χ0n) is 13.2. The Hall–Kier alpha value is -1.61. The van der Waals surface area contributed by atoms with Gasteiger partial charge in [0.2, 0.25) is 0 Å². The van der Waals surface area contributed by atoms with Gasteiger partial charge in [0.1, 0.15) is 5.82 Å². The van der Waals surface area contributed by atoms with E-state index in [2.05, 4.69) is 45.1 Å². The monoisotopic (exact) mass is 295 g/mol. The predicted octanol–water partition coefficient (Wildman–Crippen LogP) is 3.69. The van der Waals surface area contributed by atoms with Crippen LogP contribution in [0, 0.1) is 0 Å². The molecule has 0 atom stereocenters. The van der Waals surface area contributed by atoms with E-state index < -0.39 is 0 Å². The zero-order chi connectivity index (χ0) is 14.8. The quantitative estimate of drug-likeness (QED) is 0.842. The lowest BCUT2D eigenvalue weighted by atomic mass is 9.94. The maximum Gasteiger partial charge on any atom is 0.136 e. The largest absolute Gasteiger partial charge is 0.354 e. The van der Waals surface area contributed by atoms with Crippen LogP contribution in [0.5, 0.6) is 0 Å². The molecule has 1 saturated carbocycles. The molecule has 116 valence electrons. The lowest BCUT2D eigenvalue weighted by Gasteiger charge is -2.41. The fraction of sp³-hybridized carbons (Fsp3) is 0.526. The Kier molecular flexibility index (Phi) is 3.98. The Morgan fingerprint density at radius 2 is 1.64 bits per heavy atom. The van der Waals surface area contributed by atoms with Crippen molar-refractivity contribution in [2.45, 2.75) is 38.1 Å². The smallest absolute Gasteiger partial charge is 0.136 e. The first-order valence-electron chi connectivity index (χ1n) is 8.74. The summed E-state index contributed by atoms with van der Waals surface area (Å²) in [7, 11) is 0. The van der Waals surface area contributed by atoms with Crippen LogP contribution in [-0.2, 0) is 0 Å². The van der Waals surface area contributed by atoms with Gasteiger partial charge in [0.05, 0.1) is 0 Å². The topological polar surface area (TPSA) is 19.4 Å². The van der Waals surface area contributed by atoms with Crippen LogP contribution < -0.4 is 4.90 Å². The summed E-state index contributed by atoms with van der Waals surface area (Å²) in [6.45, 7) is 4.60. The van der Waals surface area contributed by atoms with E-state index in [0.717, 1.165) is 19.1 Å². The molecule has 0 radical (unpaired) electrons. The molecule has 2 heterocycles. The van der Waals surface area contributed by atoms with Crippen molar-refractivity contribution in [1.82, 2.24) is 9.88 Å². The average molecular weight is 295 g/mol. The molecule has 0 bridgehead atoms. The van der Waals surface area contributed by atoms with E-state index in [-0.39, 0.29) is 0 Å². The number of anilines is 1. The fourth-order valence-electron chi connectivity index (χ4n) is 4.10. The summed E-state index contributed by atoms with van der Waals surface area (Å²) in [5.74, 6) is 1.17. The maximum atomic E-state index is 4.68. The van der Waals surface area contributed by atoms with Crippen molar-refractivity contribution in [2.24, 2.45) is 0 Å². The summed E-state index contributed by atoms with van der Waals surface area (Å²) >= 11 is 0. The van der Waals surface area contributed by atoms with Crippen LogP contribution in [0.3, 0.4) is 0 Å². The number of fused-ring (bicyclic) bond motifs is 1. The molecule has 1 aliphatic heterocycles. The Morgan fingerprint density at radius 3 is 2.45 bits per heavy atom. The number of pyridine rings is 1. The predicted molar refractivity (Wildman–Crippen MR) is 92.4 cm³/mol. The second-order valence-electron chi connectivity index (χ2n) is 6.67. The van der Waals surface area contributed by atoms with Gasteiger partial charge in [0.25, 0.3) is 0 Å². The third kappa shape index (κ3) is 2.70. The lowest BCUT2D eigenvalue weighted by Crippen LogP contribution is -2.51. The fourth-order valence-corrected chi connectivity index (χ4v) is 4.10. The van der Waals surface area contributed by atoms with Gasteiger partial charge < -0.3 is 4.90 Å². The number of nitrogens with zero attached hydrogens (tertiary/aromatic N) is 3. The van der Waals surface area contributed by atoms with Gasteiger partial charge in [-0.2, -0.15) is 0 Å². The van der Waals surface area contributed by atoms with E-state index in [0.29, 0.717) is 0 Å². The van der Waals surface area contributed by atoms with E-state index in [1.165, 1.54) is 61.8 Å². The Labute approximate surface area is 132 Å². The molecule has 3 nitrogen and oxygen atoms in total. The number of aromatic nitrogens is 1. The number of hydrogen-bond donors (Lipinski definition) is 0. The van der Waals surface area contributed by atoms with Crippen LogP contribution in [0.1, 0.15) is 32.1 Å². The van der Waals surface area contributed by atoms with Crippen LogP contribution in [0.25, 0.3) is 10.8 Å². The zero-order valence-corrected chi connectivity index (χ0v) is 13.2. The number of hydrogen-bond acceptors (Lipinski definition) is 3. The third-order valence-electron chi connectivity index (χ3n) is 5.36. The summed E-state index contributed by atoms with van der Waals surface area (Å²) in [6, 6.07) is 11.6. The van der Waals surface area contributed by atoms with Crippen molar-refractivity contribution < 1.29 is 0 Å². The van der Waals surface area contributed by atoms with Crippen LogP contribution in [0.15, 0.2) is 36.5 Å². The minimum absolute atomic E-state index is 0.844. The molecule has 2 fully saturated rings. The van der Waals surface area contributed by atoms with Crippen molar-refractivity contribution >= 4 is 16.6 Å². The van der Waals surface area contributed by atoms with Crippen molar-refractivity contribution in [3.63, 3.8) is 0 Å². The summed E-state index contributed by atoms with van der Waals surface area (Å²) in [4.78, 5) is 9.87. The molecule has 0 N–H and O–H groups in total. The molecule has 1 aliphatic carbocycles. The van der Waals surface area contributed by atoms with E-state index in [9.17, 15) is 0 Å². The third-order valence-corrected chi connectivity index (χ3v) is 5.36. The highest BCUT2D eigenvalue weighted by Crippen LogP contribution is 2.27. The van der Waals surface area contributed by atoms with Crippen LogP contribution in [0.4, 0.5) is 5.82 Å². The van der Waals surface area contributed by atoms with Crippen molar-refractivity contribution in [3.8, 4) is 0 Å². The second-order valence-corrected chi connectivity index (χ2v) is 6.67. The molecule has 3 heteroatoms. The summed E-state index contributed by atoms with van der Waals surface area (Å²) in [5, 5.41) is 2.58. The molecule has 0 amide bonds. The van der Waals surface area contributed by atoms with Gasteiger partial charge in [-0.15, -0.1) is 0 Å². The van der Waals surface area contributed by atoms with Gasteiger partial charge in [-0.25, -0.2) is 4.98 Å². The van der Waals surface area contributed by atoms with Gasteiger partial charge in [0, 0.05) is 43.8 Å². The molecule has 0 spiro atoms. The summed E-state index contributed by atoms with van der Waals surface area (Å²) in [6.07, 6.45) is 9.06. The minimum atomic E-state index is 0.844. The molecule has 2 aliphatic rings.